The van der Waals surface area contributed by atoms with Gasteiger partial charge in [-0.2, -0.15) is 0 Å². The molecular weight excluding hydrogens is 411 g/mol. The van der Waals surface area contributed by atoms with E-state index >= 15 is 0 Å². The molecule has 0 fully saturated rings. The van der Waals surface area contributed by atoms with Gasteiger partial charge in [0.2, 0.25) is 0 Å². The van der Waals surface area contributed by atoms with Gasteiger partial charge in [-0.05, 0) is 53.2 Å². The Balaban J connectivity index is 2.08. The Morgan fingerprint density at radius 2 is 1.96 bits per heavy atom. The number of aryl methyl sites for hydroxylation is 1. The summed E-state index contributed by atoms with van der Waals surface area (Å²) in [5, 5.41) is 0. The second-order valence-corrected chi connectivity index (χ2v) is 6.32. The molecule has 3 nitrogen and oxygen atoms in total. The lowest BCUT2D eigenvalue weighted by Gasteiger charge is -2.16. The molecule has 1 N–H and O–H groups in total. The van der Waals surface area contributed by atoms with Gasteiger partial charge in [0.25, 0.3) is 5.56 Å². The first-order chi connectivity index (χ1) is 12.4. The van der Waals surface area contributed by atoms with Gasteiger partial charge in [0, 0.05) is 28.5 Å². The summed E-state index contributed by atoms with van der Waals surface area (Å²) in [5.74, 6) is -1.94. The molecule has 0 aliphatic rings. The number of nitrogens with one attached hydrogen (secondary N) is 1. The van der Waals surface area contributed by atoms with Crippen LogP contribution in [0.15, 0.2) is 45.7 Å². The van der Waals surface area contributed by atoms with Crippen LogP contribution in [0.2, 0.25) is 0 Å². The minimum Gasteiger partial charge on any atom is -0.487 e. The van der Waals surface area contributed by atoms with Crippen LogP contribution in [0.3, 0.4) is 0 Å². The summed E-state index contributed by atoms with van der Waals surface area (Å²) in [5.41, 5.74) is 0.500. The average Bonchev–Trinajstić information content (AvgIpc) is 2.59. The monoisotopic (exact) mass is 422 g/mol. The number of hydrogen-bond acceptors (Lipinski definition) is 2. The topological polar surface area (TPSA) is 42.1 Å². The fourth-order valence-corrected chi connectivity index (χ4v) is 2.93. The lowest BCUT2D eigenvalue weighted by molar-refractivity contribution is 0.297. The summed E-state index contributed by atoms with van der Waals surface area (Å²) in [4.78, 5) is 14.6. The van der Waals surface area contributed by atoms with E-state index in [1.807, 2.05) is 0 Å². The Morgan fingerprint density at radius 1 is 1.19 bits per heavy atom. The summed E-state index contributed by atoms with van der Waals surface area (Å²) >= 11 is 3.14. The zero-order valence-electron chi connectivity index (χ0n) is 13.5. The molecule has 7 heteroatoms. The maximum atomic E-state index is 14.3. The van der Waals surface area contributed by atoms with Crippen LogP contribution < -0.4 is 10.3 Å². The predicted octanol–water partition coefficient (Wildman–Crippen LogP) is 4.91. The van der Waals surface area contributed by atoms with Gasteiger partial charge in [-0.15, -0.1) is 0 Å². The number of H-pyrrole nitrogens is 1. The van der Waals surface area contributed by atoms with Crippen molar-refractivity contribution in [3.63, 3.8) is 0 Å². The van der Waals surface area contributed by atoms with Gasteiger partial charge >= 0.3 is 0 Å². The highest BCUT2D eigenvalue weighted by atomic mass is 79.9. The van der Waals surface area contributed by atoms with Crippen molar-refractivity contribution in [3.05, 3.63) is 86.0 Å². The molecule has 1 heterocycles. The molecule has 0 aliphatic carbocycles. The average molecular weight is 423 g/mol. The molecular formula is C19H12BrF3NO2. The molecule has 0 amide bonds. The fraction of sp³-hybridized carbons (Fsp3) is 0.105. The number of ether oxygens (including phenoxy) is 1. The maximum absolute atomic E-state index is 14.3. The van der Waals surface area contributed by atoms with Gasteiger partial charge in [0.1, 0.15) is 34.3 Å². The second-order valence-electron chi connectivity index (χ2n) is 5.53. The van der Waals surface area contributed by atoms with Gasteiger partial charge in [-0.3, -0.25) is 4.79 Å². The molecule has 0 atom stereocenters. The van der Waals surface area contributed by atoms with Crippen molar-refractivity contribution in [1.29, 1.82) is 0 Å². The van der Waals surface area contributed by atoms with Crippen molar-refractivity contribution in [2.75, 3.05) is 0 Å². The second kappa shape index (κ2) is 7.37. The smallest absolute Gasteiger partial charge is 0.266 e. The van der Waals surface area contributed by atoms with Crippen LogP contribution in [-0.2, 0) is 6.61 Å². The van der Waals surface area contributed by atoms with Gasteiger partial charge in [0.05, 0.1) is 0 Å². The van der Waals surface area contributed by atoms with Crippen molar-refractivity contribution in [1.82, 2.24) is 4.98 Å². The van der Waals surface area contributed by atoms with E-state index in [1.54, 1.807) is 6.92 Å². The molecule has 0 aliphatic heterocycles. The Bertz CT molecular complexity index is 1030. The van der Waals surface area contributed by atoms with Gasteiger partial charge in [0.15, 0.2) is 0 Å². The first-order valence-electron chi connectivity index (χ1n) is 7.53. The molecule has 1 radical (unpaired) electrons. The van der Waals surface area contributed by atoms with Crippen molar-refractivity contribution in [2.45, 2.75) is 13.5 Å². The van der Waals surface area contributed by atoms with E-state index in [-0.39, 0.29) is 28.0 Å². The molecule has 0 saturated carbocycles. The van der Waals surface area contributed by atoms with E-state index in [0.29, 0.717) is 11.3 Å². The summed E-state index contributed by atoms with van der Waals surface area (Å²) in [7, 11) is 0. The third kappa shape index (κ3) is 3.53. The number of aromatic nitrogens is 1. The summed E-state index contributed by atoms with van der Waals surface area (Å²) < 4.78 is 46.8. The molecule has 1 aromatic heterocycles. The van der Waals surface area contributed by atoms with E-state index in [1.165, 1.54) is 24.3 Å². The highest BCUT2D eigenvalue weighted by Crippen LogP contribution is 2.37. The molecule has 0 unspecified atom stereocenters. The van der Waals surface area contributed by atoms with Crippen LogP contribution in [0.25, 0.3) is 11.1 Å². The molecule has 0 saturated heterocycles. The van der Waals surface area contributed by atoms with Crippen LogP contribution in [0.1, 0.15) is 11.3 Å². The molecule has 0 spiro atoms. The highest BCUT2D eigenvalue weighted by Gasteiger charge is 2.20. The summed E-state index contributed by atoms with van der Waals surface area (Å²) in [6.45, 7) is 1.33. The Hall–Kier alpha value is -2.54. The van der Waals surface area contributed by atoms with Gasteiger partial charge in [-0.1, -0.05) is 6.07 Å². The molecule has 3 rings (SSSR count). The van der Waals surface area contributed by atoms with Crippen LogP contribution >= 0.6 is 15.9 Å². The van der Waals surface area contributed by atoms with Crippen molar-refractivity contribution < 1.29 is 17.9 Å². The fourth-order valence-electron chi connectivity index (χ4n) is 2.52. The molecule has 133 valence electrons. The maximum Gasteiger partial charge on any atom is 0.266 e. The Labute approximate surface area is 155 Å². The Kier molecular flexibility index (Phi) is 5.18. The van der Waals surface area contributed by atoms with Crippen molar-refractivity contribution >= 4 is 15.9 Å². The minimum absolute atomic E-state index is 0.0453. The Morgan fingerprint density at radius 3 is 2.65 bits per heavy atom. The van der Waals surface area contributed by atoms with Crippen molar-refractivity contribution in [3.8, 4) is 16.9 Å². The molecule has 0 bridgehead atoms. The quantitative estimate of drug-likeness (QED) is 0.648. The highest BCUT2D eigenvalue weighted by molar-refractivity contribution is 9.10. The SMILES string of the molecule is Cc1[nH]c(=O)c(Br)c(OCc2ccc(F)cc2F)c1-c1c[c]ccc1F. The van der Waals surface area contributed by atoms with Gasteiger partial charge in [-0.25, -0.2) is 13.2 Å². The van der Waals surface area contributed by atoms with E-state index in [9.17, 15) is 18.0 Å². The van der Waals surface area contributed by atoms with E-state index < -0.39 is 23.0 Å². The third-order valence-corrected chi connectivity index (χ3v) is 4.49. The van der Waals surface area contributed by atoms with E-state index in [2.05, 4.69) is 27.0 Å². The zero-order chi connectivity index (χ0) is 18.8. The van der Waals surface area contributed by atoms with Crippen LogP contribution in [-0.4, -0.2) is 4.98 Å². The number of aromatic amines is 1. The van der Waals surface area contributed by atoms with Crippen LogP contribution in [0.5, 0.6) is 5.75 Å². The lowest BCUT2D eigenvalue weighted by Crippen LogP contribution is -2.13. The third-order valence-electron chi connectivity index (χ3n) is 3.77. The lowest BCUT2D eigenvalue weighted by atomic mass is 10.0. The van der Waals surface area contributed by atoms with Crippen LogP contribution in [0.4, 0.5) is 13.2 Å². The first kappa shape index (κ1) is 18.3. The minimum atomic E-state index is -0.775. The predicted molar refractivity (Wildman–Crippen MR) is 94.4 cm³/mol. The molecule has 26 heavy (non-hydrogen) atoms. The zero-order valence-corrected chi connectivity index (χ0v) is 15.1. The number of halogens is 4. The van der Waals surface area contributed by atoms with Gasteiger partial charge < -0.3 is 9.72 Å². The van der Waals surface area contributed by atoms with E-state index in [4.69, 9.17) is 4.74 Å². The molecule has 3 aromatic rings. The number of rotatable bonds is 4. The number of benzene rings is 2. The van der Waals surface area contributed by atoms with E-state index in [0.717, 1.165) is 12.1 Å². The van der Waals surface area contributed by atoms with Crippen LogP contribution in [0, 0.1) is 30.4 Å². The standard InChI is InChI=1S/C19H12BrF3NO2/c1-10-16(13-4-2-3-5-14(13)22)18(17(20)19(25)24-10)26-9-11-6-7-12(21)8-15(11)23/h3-8H,9H2,1H3,(H,24,25). The largest absolute Gasteiger partial charge is 0.487 e. The normalized spacial score (nSPS) is 10.8. The van der Waals surface area contributed by atoms with Crippen molar-refractivity contribution in [2.24, 2.45) is 0 Å². The number of hydrogen-bond donors (Lipinski definition) is 1. The summed E-state index contributed by atoms with van der Waals surface area (Å²) in [6, 6.07) is 9.94. The molecule has 2 aromatic carbocycles. The number of pyridine rings is 1. The first-order valence-corrected chi connectivity index (χ1v) is 8.33. The summed E-state index contributed by atoms with van der Waals surface area (Å²) in [6.07, 6.45) is 0.